The Labute approximate surface area is 43.9 Å². The van der Waals surface area contributed by atoms with Gasteiger partial charge in [-0.25, -0.2) is 0 Å². The molecule has 0 aliphatic heterocycles. The summed E-state index contributed by atoms with van der Waals surface area (Å²) in [4.78, 5) is 0. The molecule has 1 nitrogen and oxygen atoms in total. The molecule has 3 atom stereocenters. The van der Waals surface area contributed by atoms with E-state index in [-0.39, 0.29) is 0 Å². The molecule has 2 aliphatic carbocycles. The Morgan fingerprint density at radius 2 is 2.14 bits per heavy atom. The molecule has 0 saturated heterocycles. The van der Waals surface area contributed by atoms with Crippen LogP contribution in [0.3, 0.4) is 0 Å². The van der Waals surface area contributed by atoms with E-state index < -0.39 is 0 Å². The summed E-state index contributed by atoms with van der Waals surface area (Å²) in [6.45, 7) is 0. The van der Waals surface area contributed by atoms with Gasteiger partial charge in [-0.1, -0.05) is 0 Å². The molecule has 0 aromatic carbocycles. The second-order valence-corrected chi connectivity index (χ2v) is 2.90. The summed E-state index contributed by atoms with van der Waals surface area (Å²) in [6.07, 6.45) is 4.22. The van der Waals surface area contributed by atoms with Crippen molar-refractivity contribution >= 4 is 0 Å². The first-order valence-electron chi connectivity index (χ1n) is 3.13. The molecular formula is C6H11N. The molecule has 2 N–H and O–H groups in total. The Bertz CT molecular complexity index is 86.2. The zero-order valence-electron chi connectivity index (χ0n) is 4.43. The lowest BCUT2D eigenvalue weighted by Gasteiger charge is -2.51. The fraction of sp³-hybridized carbons (Fsp3) is 1.00. The minimum absolute atomic E-state index is 0.596. The third kappa shape index (κ3) is 0.325. The molecule has 0 aromatic heterocycles. The molecule has 7 heavy (non-hydrogen) atoms. The van der Waals surface area contributed by atoms with Crippen LogP contribution < -0.4 is 5.73 Å². The summed E-state index contributed by atoms with van der Waals surface area (Å²) in [7, 11) is 0. The van der Waals surface area contributed by atoms with E-state index in [0.29, 0.717) is 6.04 Å². The fourth-order valence-electron chi connectivity index (χ4n) is 1.78. The van der Waals surface area contributed by atoms with E-state index in [1.54, 1.807) is 0 Å². The maximum absolute atomic E-state index is 5.66. The average Bonchev–Trinajstić information content (AvgIpc) is 1.59. The van der Waals surface area contributed by atoms with Gasteiger partial charge in [0.2, 0.25) is 0 Å². The van der Waals surface area contributed by atoms with Crippen LogP contribution in [-0.4, -0.2) is 6.04 Å². The van der Waals surface area contributed by atoms with Gasteiger partial charge in [0.15, 0.2) is 0 Å². The lowest BCUT2D eigenvalue weighted by molar-refractivity contribution is 0.0258. The summed E-state index contributed by atoms with van der Waals surface area (Å²) in [5.41, 5.74) is 5.66. The van der Waals surface area contributed by atoms with Gasteiger partial charge in [0, 0.05) is 6.04 Å². The summed E-state index contributed by atoms with van der Waals surface area (Å²) < 4.78 is 0. The minimum Gasteiger partial charge on any atom is -0.327 e. The Kier molecular flexibility index (Phi) is 0.571. The number of fused-ring (bicyclic) bond motifs is 1. The Morgan fingerprint density at radius 3 is 2.14 bits per heavy atom. The predicted octanol–water partition coefficient (Wildman–Crippen LogP) is 0.744. The normalized spacial score (nSPS) is 57.0. The summed E-state index contributed by atoms with van der Waals surface area (Å²) in [6, 6.07) is 0.596. The van der Waals surface area contributed by atoms with Crippen molar-refractivity contribution in [2.24, 2.45) is 17.6 Å². The largest absolute Gasteiger partial charge is 0.327 e. The van der Waals surface area contributed by atoms with Gasteiger partial charge < -0.3 is 5.73 Å². The van der Waals surface area contributed by atoms with Gasteiger partial charge >= 0.3 is 0 Å². The van der Waals surface area contributed by atoms with Crippen LogP contribution in [0.5, 0.6) is 0 Å². The molecule has 0 heterocycles. The average molecular weight is 97.2 g/mol. The van der Waals surface area contributed by atoms with Crippen LogP contribution in [0.1, 0.15) is 19.3 Å². The highest BCUT2D eigenvalue weighted by Gasteiger charge is 2.44. The maximum Gasteiger partial charge on any atom is 0.00725 e. The molecule has 2 unspecified atom stereocenters. The molecule has 0 radical (unpaired) electrons. The Morgan fingerprint density at radius 1 is 1.29 bits per heavy atom. The number of nitrogens with two attached hydrogens (primary N) is 1. The maximum atomic E-state index is 5.66. The van der Waals surface area contributed by atoms with Crippen molar-refractivity contribution in [3.63, 3.8) is 0 Å². The molecule has 0 bridgehead atoms. The highest BCUT2D eigenvalue weighted by molar-refractivity contribution is 4.98. The van der Waals surface area contributed by atoms with Crippen LogP contribution in [0.4, 0.5) is 0 Å². The molecular weight excluding hydrogens is 86.1 g/mol. The van der Waals surface area contributed by atoms with Crippen molar-refractivity contribution < 1.29 is 0 Å². The first-order chi connectivity index (χ1) is 3.38. The van der Waals surface area contributed by atoms with Crippen LogP contribution in [0.25, 0.3) is 0 Å². The van der Waals surface area contributed by atoms with Crippen molar-refractivity contribution in [2.45, 2.75) is 25.3 Å². The van der Waals surface area contributed by atoms with Gasteiger partial charge in [-0.15, -0.1) is 0 Å². The van der Waals surface area contributed by atoms with E-state index in [2.05, 4.69) is 0 Å². The quantitative estimate of drug-likeness (QED) is 0.474. The number of rotatable bonds is 0. The third-order valence-electron chi connectivity index (χ3n) is 2.60. The first-order valence-corrected chi connectivity index (χ1v) is 3.13. The molecule has 2 fully saturated rings. The van der Waals surface area contributed by atoms with E-state index in [4.69, 9.17) is 5.73 Å². The van der Waals surface area contributed by atoms with Gasteiger partial charge in [-0.05, 0) is 31.1 Å². The van der Waals surface area contributed by atoms with Crippen molar-refractivity contribution in [3.05, 3.63) is 0 Å². The van der Waals surface area contributed by atoms with Crippen molar-refractivity contribution in [1.82, 2.24) is 0 Å². The van der Waals surface area contributed by atoms with E-state index in [1.165, 1.54) is 19.3 Å². The van der Waals surface area contributed by atoms with Gasteiger partial charge in [-0.3, -0.25) is 0 Å². The minimum atomic E-state index is 0.596. The second kappa shape index (κ2) is 1.03. The number of hydrogen-bond acceptors (Lipinski definition) is 1. The van der Waals surface area contributed by atoms with E-state index in [1.807, 2.05) is 0 Å². The Hall–Kier alpha value is -0.0400. The lowest BCUT2D eigenvalue weighted by atomic mass is 9.57. The van der Waals surface area contributed by atoms with Gasteiger partial charge in [-0.2, -0.15) is 0 Å². The monoisotopic (exact) mass is 97.1 g/mol. The molecule has 2 aliphatic rings. The Balaban J connectivity index is 1.99. The third-order valence-corrected chi connectivity index (χ3v) is 2.60. The highest BCUT2D eigenvalue weighted by Crippen LogP contribution is 2.48. The number of hydrogen-bond donors (Lipinski definition) is 1. The van der Waals surface area contributed by atoms with Crippen molar-refractivity contribution in [2.75, 3.05) is 0 Å². The second-order valence-electron chi connectivity index (χ2n) is 2.90. The molecule has 0 amide bonds. The standard InChI is InChI=1S/C6H11N/c7-6-3-4-1-2-5(4)6/h4-6H,1-3,7H2/t4?,5?,6-/m1/s1. The zero-order chi connectivity index (χ0) is 4.85. The molecule has 0 spiro atoms. The molecule has 40 valence electrons. The molecule has 0 aromatic rings. The van der Waals surface area contributed by atoms with E-state index in [0.717, 1.165) is 11.8 Å². The molecule has 1 heteroatoms. The van der Waals surface area contributed by atoms with Gasteiger partial charge in [0.25, 0.3) is 0 Å². The van der Waals surface area contributed by atoms with Crippen LogP contribution in [0, 0.1) is 11.8 Å². The SMILES string of the molecule is N[C@@H]1CC2CCC21. The van der Waals surface area contributed by atoms with Crippen molar-refractivity contribution in [1.29, 1.82) is 0 Å². The topological polar surface area (TPSA) is 26.0 Å². The highest BCUT2D eigenvalue weighted by atomic mass is 14.7. The lowest BCUT2D eigenvalue weighted by Crippen LogP contribution is -2.53. The summed E-state index contributed by atoms with van der Waals surface area (Å²) in [5.74, 6) is 2.02. The van der Waals surface area contributed by atoms with Crippen LogP contribution in [0.15, 0.2) is 0 Å². The van der Waals surface area contributed by atoms with Crippen molar-refractivity contribution in [3.8, 4) is 0 Å². The van der Waals surface area contributed by atoms with Crippen LogP contribution in [-0.2, 0) is 0 Å². The van der Waals surface area contributed by atoms with Crippen LogP contribution in [0.2, 0.25) is 0 Å². The molecule has 2 rings (SSSR count). The smallest absolute Gasteiger partial charge is 0.00725 e. The summed E-state index contributed by atoms with van der Waals surface area (Å²) in [5, 5.41) is 0. The predicted molar refractivity (Wildman–Crippen MR) is 28.8 cm³/mol. The van der Waals surface area contributed by atoms with Gasteiger partial charge in [0.1, 0.15) is 0 Å². The molecule has 2 saturated carbocycles. The fourth-order valence-corrected chi connectivity index (χ4v) is 1.78. The first kappa shape index (κ1) is 3.90. The van der Waals surface area contributed by atoms with Gasteiger partial charge in [0.05, 0.1) is 0 Å². The van der Waals surface area contributed by atoms with Crippen LogP contribution >= 0.6 is 0 Å². The zero-order valence-corrected chi connectivity index (χ0v) is 4.43. The van der Waals surface area contributed by atoms with E-state index in [9.17, 15) is 0 Å². The van der Waals surface area contributed by atoms with E-state index >= 15 is 0 Å². The summed E-state index contributed by atoms with van der Waals surface area (Å²) >= 11 is 0.